The van der Waals surface area contributed by atoms with Crippen LogP contribution in [0.5, 0.6) is 0 Å². The summed E-state index contributed by atoms with van der Waals surface area (Å²) in [4.78, 5) is 10.6. The van der Waals surface area contributed by atoms with Gasteiger partial charge in [-0.1, -0.05) is 36.5 Å². The lowest BCUT2D eigenvalue weighted by atomic mass is 10.3. The molecule has 0 saturated carbocycles. The molecule has 13 heavy (non-hydrogen) atoms. The van der Waals surface area contributed by atoms with Crippen molar-refractivity contribution in [2.45, 2.75) is 19.8 Å². The van der Waals surface area contributed by atoms with Gasteiger partial charge in [0.05, 0.1) is 13.5 Å². The lowest BCUT2D eigenvalue weighted by molar-refractivity contribution is -0.139. The zero-order valence-corrected chi connectivity index (χ0v) is 8.19. The van der Waals surface area contributed by atoms with Crippen LogP contribution in [0, 0.1) is 0 Å². The minimum Gasteiger partial charge on any atom is -0.469 e. The van der Waals surface area contributed by atoms with E-state index in [0.717, 1.165) is 6.42 Å². The van der Waals surface area contributed by atoms with Crippen LogP contribution >= 0.6 is 0 Å². The van der Waals surface area contributed by atoms with Gasteiger partial charge < -0.3 is 4.74 Å². The lowest BCUT2D eigenvalue weighted by Gasteiger charge is -1.90. The third-order valence-electron chi connectivity index (χ3n) is 1.39. The molecule has 2 heteroatoms. The van der Waals surface area contributed by atoms with Crippen molar-refractivity contribution in [1.29, 1.82) is 0 Å². The molecule has 0 amide bonds. The maximum absolute atomic E-state index is 10.6. The van der Waals surface area contributed by atoms with E-state index >= 15 is 0 Å². The number of carbonyl (C=O) groups is 1. The summed E-state index contributed by atoms with van der Waals surface area (Å²) in [6, 6.07) is 0. The first-order valence-corrected chi connectivity index (χ1v) is 4.31. The van der Waals surface area contributed by atoms with Crippen LogP contribution in [-0.2, 0) is 9.53 Å². The molecule has 0 radical (unpaired) electrons. The number of methoxy groups -OCH3 is 1. The molecule has 0 atom stereocenters. The number of hydrogen-bond acceptors (Lipinski definition) is 2. The largest absolute Gasteiger partial charge is 0.469 e. The Kier molecular flexibility index (Phi) is 7.90. The van der Waals surface area contributed by atoms with E-state index in [-0.39, 0.29) is 5.97 Å². The average molecular weight is 180 g/mol. The molecule has 0 rings (SSSR count). The van der Waals surface area contributed by atoms with Gasteiger partial charge in [0.25, 0.3) is 0 Å². The van der Waals surface area contributed by atoms with Crippen LogP contribution in [0.25, 0.3) is 0 Å². The Morgan fingerprint density at radius 1 is 1.23 bits per heavy atom. The molecule has 0 saturated heterocycles. The van der Waals surface area contributed by atoms with Crippen LogP contribution in [-0.4, -0.2) is 13.1 Å². The fourth-order valence-electron chi connectivity index (χ4n) is 0.706. The molecule has 0 heterocycles. The van der Waals surface area contributed by atoms with Crippen LogP contribution in [0.15, 0.2) is 36.5 Å². The molecule has 0 aromatic rings. The van der Waals surface area contributed by atoms with E-state index < -0.39 is 0 Å². The van der Waals surface area contributed by atoms with Crippen molar-refractivity contribution < 1.29 is 9.53 Å². The van der Waals surface area contributed by atoms with Gasteiger partial charge in [-0.25, -0.2) is 0 Å². The summed E-state index contributed by atoms with van der Waals surface area (Å²) < 4.78 is 4.48. The molecule has 0 N–H and O–H groups in total. The summed E-state index contributed by atoms with van der Waals surface area (Å²) in [7, 11) is 1.39. The van der Waals surface area contributed by atoms with E-state index in [1.165, 1.54) is 7.11 Å². The van der Waals surface area contributed by atoms with E-state index in [1.807, 2.05) is 43.4 Å². The first kappa shape index (κ1) is 11.7. The van der Waals surface area contributed by atoms with Gasteiger partial charge in [0, 0.05) is 0 Å². The van der Waals surface area contributed by atoms with Gasteiger partial charge >= 0.3 is 5.97 Å². The fourth-order valence-corrected chi connectivity index (χ4v) is 0.706. The molecule has 0 aromatic carbocycles. The minimum absolute atomic E-state index is 0.200. The number of ether oxygens (including phenoxy) is 1. The summed E-state index contributed by atoms with van der Waals surface area (Å²) in [5.41, 5.74) is 0. The Bertz CT molecular complexity index is 212. The predicted octanol–water partition coefficient (Wildman–Crippen LogP) is 2.63. The second-order valence-corrected chi connectivity index (χ2v) is 2.44. The van der Waals surface area contributed by atoms with Gasteiger partial charge in [0.2, 0.25) is 0 Å². The van der Waals surface area contributed by atoms with Crippen LogP contribution in [0.3, 0.4) is 0 Å². The zero-order valence-electron chi connectivity index (χ0n) is 8.19. The minimum atomic E-state index is -0.200. The summed E-state index contributed by atoms with van der Waals surface area (Å²) in [5, 5.41) is 0. The third kappa shape index (κ3) is 8.60. The van der Waals surface area contributed by atoms with Crippen LogP contribution in [0.4, 0.5) is 0 Å². The molecule has 0 bridgehead atoms. The first-order valence-electron chi connectivity index (χ1n) is 4.31. The zero-order chi connectivity index (χ0) is 9.94. The standard InChI is InChI=1S/C11H16O2/c1-3-4-5-6-7-8-9-10-11(12)13-2/h3-6,8-9H,7,10H2,1-2H3/b4-3-,6-5-,9-8+. The first-order chi connectivity index (χ1) is 6.31. The summed E-state index contributed by atoms with van der Waals surface area (Å²) >= 11 is 0. The number of carbonyl (C=O) groups excluding carboxylic acids is 1. The van der Waals surface area contributed by atoms with E-state index in [2.05, 4.69) is 4.74 Å². The van der Waals surface area contributed by atoms with Gasteiger partial charge in [0.15, 0.2) is 0 Å². The normalized spacial score (nSPS) is 11.8. The van der Waals surface area contributed by atoms with Crippen molar-refractivity contribution in [2.75, 3.05) is 7.11 Å². The highest BCUT2D eigenvalue weighted by molar-refractivity contribution is 5.70. The number of hydrogen-bond donors (Lipinski definition) is 0. The second kappa shape index (κ2) is 8.78. The van der Waals surface area contributed by atoms with Crippen molar-refractivity contribution >= 4 is 5.97 Å². The van der Waals surface area contributed by atoms with Crippen molar-refractivity contribution in [3.63, 3.8) is 0 Å². The highest BCUT2D eigenvalue weighted by Crippen LogP contribution is 1.91. The smallest absolute Gasteiger partial charge is 0.309 e. The van der Waals surface area contributed by atoms with Gasteiger partial charge in [-0.05, 0) is 13.3 Å². The van der Waals surface area contributed by atoms with E-state index in [4.69, 9.17) is 0 Å². The quantitative estimate of drug-likeness (QED) is 0.369. The Labute approximate surface area is 79.6 Å². The summed E-state index contributed by atoms with van der Waals surface area (Å²) in [6.45, 7) is 1.97. The van der Waals surface area contributed by atoms with Gasteiger partial charge in [0.1, 0.15) is 0 Å². The topological polar surface area (TPSA) is 26.3 Å². The van der Waals surface area contributed by atoms with Crippen LogP contribution in [0.1, 0.15) is 19.8 Å². The number of esters is 1. The van der Waals surface area contributed by atoms with Crippen molar-refractivity contribution in [2.24, 2.45) is 0 Å². The molecular formula is C11H16O2. The second-order valence-electron chi connectivity index (χ2n) is 2.44. The Hall–Kier alpha value is -1.31. The van der Waals surface area contributed by atoms with Gasteiger partial charge in [-0.15, -0.1) is 0 Å². The molecule has 0 fully saturated rings. The molecular weight excluding hydrogens is 164 g/mol. The van der Waals surface area contributed by atoms with Crippen LogP contribution in [0.2, 0.25) is 0 Å². The predicted molar refractivity (Wildman–Crippen MR) is 54.3 cm³/mol. The highest BCUT2D eigenvalue weighted by Gasteiger charge is 1.91. The average Bonchev–Trinajstić information content (AvgIpc) is 2.16. The summed E-state index contributed by atoms with van der Waals surface area (Å²) in [5.74, 6) is -0.200. The van der Waals surface area contributed by atoms with Crippen molar-refractivity contribution in [1.82, 2.24) is 0 Å². The summed E-state index contributed by atoms with van der Waals surface area (Å²) in [6.07, 6.45) is 12.9. The number of allylic oxidation sites excluding steroid dienone is 5. The van der Waals surface area contributed by atoms with E-state index in [1.54, 1.807) is 0 Å². The van der Waals surface area contributed by atoms with E-state index in [9.17, 15) is 4.79 Å². The monoisotopic (exact) mass is 180 g/mol. The van der Waals surface area contributed by atoms with Gasteiger partial charge in [-0.3, -0.25) is 4.79 Å². The maximum Gasteiger partial charge on any atom is 0.309 e. The molecule has 0 aliphatic rings. The maximum atomic E-state index is 10.6. The highest BCUT2D eigenvalue weighted by atomic mass is 16.5. The molecule has 0 spiro atoms. The molecule has 0 aliphatic carbocycles. The molecule has 0 aromatic heterocycles. The van der Waals surface area contributed by atoms with Crippen molar-refractivity contribution in [3.8, 4) is 0 Å². The molecule has 0 unspecified atom stereocenters. The fraction of sp³-hybridized carbons (Fsp3) is 0.364. The SMILES string of the molecule is C/C=C\C=C/C/C=C/CC(=O)OC. The molecule has 72 valence electrons. The van der Waals surface area contributed by atoms with Gasteiger partial charge in [-0.2, -0.15) is 0 Å². The molecule has 0 aliphatic heterocycles. The Balaban J connectivity index is 3.47. The Morgan fingerprint density at radius 2 is 2.00 bits per heavy atom. The third-order valence-corrected chi connectivity index (χ3v) is 1.39. The number of rotatable bonds is 5. The van der Waals surface area contributed by atoms with Crippen molar-refractivity contribution in [3.05, 3.63) is 36.5 Å². The Morgan fingerprint density at radius 3 is 2.62 bits per heavy atom. The lowest BCUT2D eigenvalue weighted by Crippen LogP contribution is -1.96. The van der Waals surface area contributed by atoms with Crippen LogP contribution < -0.4 is 0 Å². The molecule has 2 nitrogen and oxygen atoms in total. The van der Waals surface area contributed by atoms with E-state index in [0.29, 0.717) is 6.42 Å².